The Labute approximate surface area is 265 Å². The molecule has 1 amide bonds. The van der Waals surface area contributed by atoms with E-state index in [2.05, 4.69) is 19.2 Å². The summed E-state index contributed by atoms with van der Waals surface area (Å²) in [6, 6.07) is -0.851. The first-order valence-corrected chi connectivity index (χ1v) is 19.3. The van der Waals surface area contributed by atoms with Gasteiger partial charge < -0.3 is 21.1 Å². The molecule has 0 aliphatic rings. The zero-order chi connectivity index (χ0) is 31.9. The van der Waals surface area contributed by atoms with Crippen LogP contribution in [0.2, 0.25) is 0 Å². The molecule has 0 spiro atoms. The van der Waals surface area contributed by atoms with Crippen molar-refractivity contribution < 1.29 is 28.4 Å². The summed E-state index contributed by atoms with van der Waals surface area (Å²) in [5, 5.41) is 13.6. The van der Waals surface area contributed by atoms with Gasteiger partial charge in [-0.05, 0) is 19.3 Å². The van der Waals surface area contributed by atoms with Crippen molar-refractivity contribution in [3.63, 3.8) is 0 Å². The Morgan fingerprint density at radius 2 is 1.19 bits per heavy atom. The fraction of sp³-hybridized carbons (Fsp3) is 0.912. The zero-order valence-electron chi connectivity index (χ0n) is 28.0. The lowest BCUT2D eigenvalue weighted by molar-refractivity contribution is -0.123. The Bertz CT molecular complexity index is 694. The predicted molar refractivity (Wildman–Crippen MR) is 180 cm³/mol. The molecule has 0 aromatic rings. The van der Waals surface area contributed by atoms with Crippen LogP contribution in [-0.4, -0.2) is 47.8 Å². The smallest absolute Gasteiger partial charge is 0.387 e. The Hall–Kier alpha value is -0.760. The van der Waals surface area contributed by atoms with E-state index in [-0.39, 0.29) is 25.7 Å². The van der Waals surface area contributed by atoms with E-state index in [4.69, 9.17) is 14.8 Å². The number of hydrogen-bond donors (Lipinski definition) is 4. The van der Waals surface area contributed by atoms with E-state index in [9.17, 15) is 19.4 Å². The van der Waals surface area contributed by atoms with Crippen LogP contribution in [-0.2, 0) is 18.4 Å². The average molecular weight is 633 g/mol. The van der Waals surface area contributed by atoms with Crippen LogP contribution in [0.5, 0.6) is 0 Å². The first-order chi connectivity index (χ1) is 20.9. The van der Waals surface area contributed by atoms with Crippen molar-refractivity contribution in [1.82, 2.24) is 5.32 Å². The second-order valence-electron chi connectivity index (χ2n) is 12.1. The third-order valence-corrected chi connectivity index (χ3v) is 8.85. The van der Waals surface area contributed by atoms with Gasteiger partial charge in [-0.3, -0.25) is 13.8 Å². The van der Waals surface area contributed by atoms with Crippen molar-refractivity contribution in [1.29, 1.82) is 0 Å². The van der Waals surface area contributed by atoms with Crippen LogP contribution in [0, 0.1) is 0 Å². The van der Waals surface area contributed by atoms with Crippen molar-refractivity contribution in [2.45, 2.75) is 180 Å². The molecule has 0 fully saturated rings. The summed E-state index contributed by atoms with van der Waals surface area (Å²) in [5.41, 5.74) is 5.34. The molecule has 0 aliphatic heterocycles. The summed E-state index contributed by atoms with van der Waals surface area (Å²) in [6.07, 6.45) is 31.1. The number of allylic oxidation sites excluding steroid dienone is 1. The molecule has 3 atom stereocenters. The molecule has 0 aromatic heterocycles. The second kappa shape index (κ2) is 31.2. The number of rotatable bonds is 33. The molecule has 0 saturated heterocycles. The number of hydrogen-bond acceptors (Lipinski definition) is 6. The average Bonchev–Trinajstić information content (AvgIpc) is 2.99. The van der Waals surface area contributed by atoms with Crippen molar-refractivity contribution in [2.24, 2.45) is 5.73 Å². The summed E-state index contributed by atoms with van der Waals surface area (Å²) in [5.74, 6) is -0.196. The number of carbonyl (C=O) groups excluding carboxylic acids is 1. The van der Waals surface area contributed by atoms with Gasteiger partial charge in [-0.25, -0.2) is 4.57 Å². The van der Waals surface area contributed by atoms with Crippen LogP contribution in [0.25, 0.3) is 0 Å². The fourth-order valence-corrected chi connectivity index (χ4v) is 5.89. The minimum absolute atomic E-state index is 0.0808. The van der Waals surface area contributed by atoms with E-state index >= 15 is 0 Å². The number of phosphoric acid groups is 1. The number of carbonyl (C=O) groups is 1. The number of aliphatic hydroxyl groups excluding tert-OH is 1. The van der Waals surface area contributed by atoms with Gasteiger partial charge >= 0.3 is 7.82 Å². The molecule has 0 radical (unpaired) electrons. The van der Waals surface area contributed by atoms with Crippen LogP contribution in [0.4, 0.5) is 0 Å². The molecule has 3 unspecified atom stereocenters. The molecule has 0 aromatic carbocycles. The summed E-state index contributed by atoms with van der Waals surface area (Å²) in [4.78, 5) is 22.5. The molecule has 8 nitrogen and oxygen atoms in total. The van der Waals surface area contributed by atoms with Gasteiger partial charge in [0, 0.05) is 13.0 Å². The largest absolute Gasteiger partial charge is 0.472 e. The Balaban J connectivity index is 4.36. The lowest BCUT2D eigenvalue weighted by Crippen LogP contribution is -2.45. The second-order valence-corrected chi connectivity index (χ2v) is 13.5. The maximum atomic E-state index is 12.6. The van der Waals surface area contributed by atoms with Crippen LogP contribution in [0.15, 0.2) is 12.2 Å². The van der Waals surface area contributed by atoms with E-state index in [1.54, 1.807) is 6.08 Å². The molecule has 43 heavy (non-hydrogen) atoms. The highest BCUT2D eigenvalue weighted by Crippen LogP contribution is 2.43. The molecule has 0 heterocycles. The molecule has 0 saturated carbocycles. The van der Waals surface area contributed by atoms with Gasteiger partial charge in [0.25, 0.3) is 0 Å². The highest BCUT2D eigenvalue weighted by molar-refractivity contribution is 7.47. The molecule has 0 aliphatic carbocycles. The van der Waals surface area contributed by atoms with Gasteiger partial charge in [0.2, 0.25) is 5.91 Å². The SMILES string of the molecule is CCCCCCCCCCCCC/C=C/C(O)C(COP(=O)(O)OCCN)NC(=O)CCCCCCCCCCCCC. The summed E-state index contributed by atoms with van der Waals surface area (Å²) in [6.45, 7) is 4.11. The molecule has 9 heteroatoms. The number of nitrogens with two attached hydrogens (primary N) is 1. The Kier molecular flexibility index (Phi) is 30.7. The maximum absolute atomic E-state index is 12.6. The monoisotopic (exact) mass is 632 g/mol. The standard InChI is InChI=1S/C34H69N2O6P/c1-3-5-7-9-11-13-15-16-18-19-21-23-25-27-33(37)32(31-42-43(39,40)41-30-29-35)36-34(38)28-26-24-22-20-17-14-12-10-8-6-4-2/h25,27,32-33,37H,3-24,26,28-31,35H2,1-2H3,(H,36,38)(H,39,40)/b27-25+. The molecular weight excluding hydrogens is 563 g/mol. The van der Waals surface area contributed by atoms with Crippen molar-refractivity contribution >= 4 is 13.7 Å². The number of nitrogens with one attached hydrogen (secondary N) is 1. The van der Waals surface area contributed by atoms with Gasteiger partial charge in [0.15, 0.2) is 0 Å². The lowest BCUT2D eigenvalue weighted by atomic mass is 10.0. The predicted octanol–water partition coefficient (Wildman–Crippen LogP) is 8.88. The van der Waals surface area contributed by atoms with Gasteiger partial charge in [0.05, 0.1) is 25.4 Å². The van der Waals surface area contributed by atoms with Crippen LogP contribution < -0.4 is 11.1 Å². The minimum Gasteiger partial charge on any atom is -0.387 e. The number of unbranched alkanes of at least 4 members (excludes halogenated alkanes) is 21. The number of amides is 1. The van der Waals surface area contributed by atoms with Crippen molar-refractivity contribution in [3.05, 3.63) is 12.2 Å². The van der Waals surface area contributed by atoms with Gasteiger partial charge in [0.1, 0.15) is 0 Å². The summed E-state index contributed by atoms with van der Waals surface area (Å²) < 4.78 is 22.0. The van der Waals surface area contributed by atoms with Crippen molar-refractivity contribution in [3.8, 4) is 0 Å². The Morgan fingerprint density at radius 1 is 0.744 bits per heavy atom. The van der Waals surface area contributed by atoms with Gasteiger partial charge in [-0.2, -0.15) is 0 Å². The van der Waals surface area contributed by atoms with Gasteiger partial charge in [-0.1, -0.05) is 154 Å². The fourth-order valence-electron chi connectivity index (χ4n) is 5.13. The molecular formula is C34H69N2O6P. The van der Waals surface area contributed by atoms with E-state index in [0.29, 0.717) is 6.42 Å². The quantitative estimate of drug-likeness (QED) is 0.0323. The Morgan fingerprint density at radius 3 is 1.65 bits per heavy atom. The molecule has 0 rings (SSSR count). The van der Waals surface area contributed by atoms with Gasteiger partial charge in [-0.15, -0.1) is 0 Å². The molecule has 0 bridgehead atoms. The zero-order valence-corrected chi connectivity index (χ0v) is 28.8. The molecule has 256 valence electrons. The molecule has 5 N–H and O–H groups in total. The van der Waals surface area contributed by atoms with E-state index in [1.807, 2.05) is 6.08 Å². The van der Waals surface area contributed by atoms with E-state index < -0.39 is 20.0 Å². The van der Waals surface area contributed by atoms with E-state index in [0.717, 1.165) is 38.5 Å². The third kappa shape index (κ3) is 29.7. The van der Waals surface area contributed by atoms with Crippen molar-refractivity contribution in [2.75, 3.05) is 19.8 Å². The minimum atomic E-state index is -4.32. The first-order valence-electron chi connectivity index (χ1n) is 17.8. The normalized spacial score (nSPS) is 14.6. The topological polar surface area (TPSA) is 131 Å². The van der Waals surface area contributed by atoms with Crippen LogP contribution in [0.1, 0.15) is 168 Å². The number of phosphoric ester groups is 1. The highest BCUT2D eigenvalue weighted by Gasteiger charge is 2.26. The summed E-state index contributed by atoms with van der Waals surface area (Å²) >= 11 is 0. The van der Waals surface area contributed by atoms with Crippen LogP contribution in [0.3, 0.4) is 0 Å². The maximum Gasteiger partial charge on any atom is 0.472 e. The highest BCUT2D eigenvalue weighted by atomic mass is 31.2. The lowest BCUT2D eigenvalue weighted by Gasteiger charge is -2.23. The first kappa shape index (κ1) is 42.2. The van der Waals surface area contributed by atoms with Crippen LogP contribution >= 0.6 is 7.82 Å². The third-order valence-electron chi connectivity index (χ3n) is 7.86. The van der Waals surface area contributed by atoms with E-state index in [1.165, 1.54) is 109 Å². The summed E-state index contributed by atoms with van der Waals surface area (Å²) in [7, 11) is -4.32. The number of aliphatic hydroxyl groups is 1.